The van der Waals surface area contributed by atoms with Crippen LogP contribution in [0.4, 0.5) is 0 Å². The molecule has 1 aromatic rings. The Hall–Kier alpha value is -0.775. The molecular formula is C6H7BO3S. The van der Waals surface area contributed by atoms with Gasteiger partial charge in [-0.1, -0.05) is 0 Å². The van der Waals surface area contributed by atoms with Crippen molar-refractivity contribution >= 4 is 24.7 Å². The highest BCUT2D eigenvalue weighted by atomic mass is 32.1. The zero-order valence-electron chi connectivity index (χ0n) is 5.68. The molecule has 0 unspecified atom stereocenters. The van der Waals surface area contributed by atoms with Gasteiger partial charge in [-0.2, -0.15) is 11.3 Å². The molecule has 0 aliphatic heterocycles. The smallest absolute Gasteiger partial charge is 0.518 e. The molecule has 0 bridgehead atoms. The van der Waals surface area contributed by atoms with Gasteiger partial charge in [0.2, 0.25) is 0 Å². The minimum Gasteiger partial charge on any atom is -0.518 e. The van der Waals surface area contributed by atoms with Gasteiger partial charge in [-0.25, -0.2) is 0 Å². The zero-order valence-corrected chi connectivity index (χ0v) is 6.49. The molecular weight excluding hydrogens is 163 g/mol. The van der Waals surface area contributed by atoms with E-state index in [-0.39, 0.29) is 0 Å². The lowest BCUT2D eigenvalue weighted by Crippen LogP contribution is -2.12. The summed E-state index contributed by atoms with van der Waals surface area (Å²) >= 11 is 1.57. The minimum atomic E-state index is -1.73. The maximum absolute atomic E-state index is 8.27. The molecule has 0 radical (unpaired) electrons. The molecule has 1 rings (SSSR count). The molecule has 3 nitrogen and oxygen atoms in total. The van der Waals surface area contributed by atoms with E-state index < -0.39 is 7.32 Å². The van der Waals surface area contributed by atoms with Gasteiger partial charge in [0.25, 0.3) is 0 Å². The summed E-state index contributed by atoms with van der Waals surface area (Å²) in [7, 11) is -1.73. The maximum Gasteiger partial charge on any atom is 0.707 e. The largest absolute Gasteiger partial charge is 0.707 e. The van der Waals surface area contributed by atoms with E-state index in [9.17, 15) is 0 Å². The quantitative estimate of drug-likeness (QED) is 0.518. The molecule has 0 amide bonds. The summed E-state index contributed by atoms with van der Waals surface area (Å²) in [4.78, 5) is 0. The Kier molecular flexibility index (Phi) is 3.16. The average Bonchev–Trinajstić information content (AvgIpc) is 2.39. The van der Waals surface area contributed by atoms with Gasteiger partial charge in [0.15, 0.2) is 0 Å². The van der Waals surface area contributed by atoms with E-state index >= 15 is 0 Å². The maximum atomic E-state index is 8.27. The van der Waals surface area contributed by atoms with Crippen LogP contribution in [0.3, 0.4) is 0 Å². The Morgan fingerprint density at radius 3 is 2.91 bits per heavy atom. The SMILES string of the molecule is OB(O)O/C=C/c1ccsc1. The van der Waals surface area contributed by atoms with Gasteiger partial charge in [-0.3, -0.25) is 0 Å². The predicted octanol–water partition coefficient (Wildman–Crippen LogP) is 0.705. The fraction of sp³-hybridized carbons (Fsp3) is 0. The summed E-state index contributed by atoms with van der Waals surface area (Å²) in [6.07, 6.45) is 2.89. The number of rotatable bonds is 3. The van der Waals surface area contributed by atoms with Crippen LogP contribution in [0, 0.1) is 0 Å². The van der Waals surface area contributed by atoms with Crippen molar-refractivity contribution in [3.05, 3.63) is 28.7 Å². The van der Waals surface area contributed by atoms with Crippen molar-refractivity contribution in [2.45, 2.75) is 0 Å². The van der Waals surface area contributed by atoms with Crippen molar-refractivity contribution in [3.63, 3.8) is 0 Å². The second-order valence-corrected chi connectivity index (χ2v) is 2.60. The molecule has 5 heteroatoms. The molecule has 0 saturated heterocycles. The van der Waals surface area contributed by atoms with Crippen molar-refractivity contribution in [2.24, 2.45) is 0 Å². The van der Waals surface area contributed by atoms with Crippen molar-refractivity contribution in [2.75, 3.05) is 0 Å². The van der Waals surface area contributed by atoms with Crippen molar-refractivity contribution < 1.29 is 14.7 Å². The van der Waals surface area contributed by atoms with Gasteiger partial charge < -0.3 is 14.7 Å². The fourth-order valence-corrected chi connectivity index (χ4v) is 1.19. The Bertz CT molecular complexity index is 220. The van der Waals surface area contributed by atoms with E-state index in [1.165, 1.54) is 6.26 Å². The lowest BCUT2D eigenvalue weighted by atomic mass is 10.3. The Labute approximate surface area is 68.7 Å². The van der Waals surface area contributed by atoms with Crippen molar-refractivity contribution in [1.82, 2.24) is 0 Å². The first-order valence-corrected chi connectivity index (χ1v) is 3.93. The highest BCUT2D eigenvalue weighted by Crippen LogP contribution is 2.07. The van der Waals surface area contributed by atoms with Crippen LogP contribution in [0.25, 0.3) is 6.08 Å². The van der Waals surface area contributed by atoms with Gasteiger partial charge in [-0.05, 0) is 28.5 Å². The molecule has 2 N–H and O–H groups in total. The van der Waals surface area contributed by atoms with Gasteiger partial charge in [0.1, 0.15) is 0 Å². The summed E-state index contributed by atoms with van der Waals surface area (Å²) in [5.74, 6) is 0. The van der Waals surface area contributed by atoms with Crippen LogP contribution in [0.2, 0.25) is 0 Å². The van der Waals surface area contributed by atoms with Gasteiger partial charge in [0, 0.05) is 0 Å². The highest BCUT2D eigenvalue weighted by Gasteiger charge is 2.05. The Morgan fingerprint density at radius 2 is 2.36 bits per heavy atom. The third kappa shape index (κ3) is 3.22. The topological polar surface area (TPSA) is 49.7 Å². The first kappa shape index (κ1) is 8.32. The molecule has 1 heterocycles. The van der Waals surface area contributed by atoms with E-state index in [1.54, 1.807) is 17.4 Å². The molecule has 0 fully saturated rings. The summed E-state index contributed by atoms with van der Waals surface area (Å²) in [5, 5.41) is 20.4. The van der Waals surface area contributed by atoms with E-state index in [4.69, 9.17) is 10.0 Å². The monoisotopic (exact) mass is 170 g/mol. The molecule has 11 heavy (non-hydrogen) atoms. The second kappa shape index (κ2) is 4.18. The van der Waals surface area contributed by atoms with Crippen LogP contribution >= 0.6 is 11.3 Å². The van der Waals surface area contributed by atoms with E-state index in [1.807, 2.05) is 16.8 Å². The minimum absolute atomic E-state index is 0.982. The third-order valence-corrected chi connectivity index (χ3v) is 1.71. The molecule has 0 aromatic carbocycles. The second-order valence-electron chi connectivity index (χ2n) is 1.82. The molecule has 0 aliphatic rings. The van der Waals surface area contributed by atoms with Gasteiger partial charge >= 0.3 is 7.32 Å². The molecule has 0 spiro atoms. The predicted molar refractivity (Wildman–Crippen MR) is 44.6 cm³/mol. The lowest BCUT2D eigenvalue weighted by molar-refractivity contribution is 0.258. The molecule has 0 saturated carbocycles. The van der Waals surface area contributed by atoms with Crippen LogP contribution in [-0.2, 0) is 4.65 Å². The normalized spacial score (nSPS) is 10.4. The zero-order chi connectivity index (χ0) is 8.10. The average molecular weight is 170 g/mol. The van der Waals surface area contributed by atoms with E-state index in [2.05, 4.69) is 4.65 Å². The first-order valence-electron chi connectivity index (χ1n) is 2.99. The Balaban J connectivity index is 2.37. The van der Waals surface area contributed by atoms with Crippen LogP contribution in [0.15, 0.2) is 23.1 Å². The van der Waals surface area contributed by atoms with Crippen LogP contribution in [0.1, 0.15) is 5.56 Å². The summed E-state index contributed by atoms with van der Waals surface area (Å²) in [6.45, 7) is 0. The summed E-state index contributed by atoms with van der Waals surface area (Å²) in [5.41, 5.74) is 0.982. The van der Waals surface area contributed by atoms with Crippen LogP contribution in [0.5, 0.6) is 0 Å². The van der Waals surface area contributed by atoms with Crippen LogP contribution in [-0.4, -0.2) is 17.4 Å². The summed E-state index contributed by atoms with van der Waals surface area (Å²) in [6, 6.07) is 1.90. The van der Waals surface area contributed by atoms with E-state index in [0.29, 0.717) is 0 Å². The Morgan fingerprint density at radius 1 is 1.55 bits per heavy atom. The lowest BCUT2D eigenvalue weighted by Gasteiger charge is -1.93. The van der Waals surface area contributed by atoms with Crippen molar-refractivity contribution in [3.8, 4) is 0 Å². The molecule has 1 aromatic heterocycles. The number of hydrogen-bond acceptors (Lipinski definition) is 4. The standard InChI is InChI=1S/C6H7BO3S/c8-7(9)10-3-1-6-2-4-11-5-6/h1-5,8-9H/b3-1+. The van der Waals surface area contributed by atoms with Gasteiger partial charge in [-0.15, -0.1) is 0 Å². The van der Waals surface area contributed by atoms with E-state index in [0.717, 1.165) is 5.56 Å². The highest BCUT2D eigenvalue weighted by molar-refractivity contribution is 7.08. The van der Waals surface area contributed by atoms with Crippen molar-refractivity contribution in [1.29, 1.82) is 0 Å². The third-order valence-electron chi connectivity index (χ3n) is 1.00. The number of thiophene rings is 1. The van der Waals surface area contributed by atoms with Gasteiger partial charge in [0.05, 0.1) is 6.26 Å². The molecule has 0 atom stereocenters. The summed E-state index contributed by atoms with van der Waals surface area (Å²) < 4.78 is 4.35. The van der Waals surface area contributed by atoms with Crippen LogP contribution < -0.4 is 0 Å². The first-order chi connectivity index (χ1) is 5.29. The molecule has 0 aliphatic carbocycles. The number of hydrogen-bond donors (Lipinski definition) is 2. The molecule has 58 valence electrons. The fourth-order valence-electron chi connectivity index (χ4n) is 0.558.